The number of benzene rings is 1. The number of aromatic nitrogens is 2. The number of alkyl halides is 3. The van der Waals surface area contributed by atoms with Gasteiger partial charge in [-0.3, -0.25) is 0 Å². The first-order valence-corrected chi connectivity index (χ1v) is 5.72. The zero-order valence-electron chi connectivity index (χ0n) is 9.90. The van der Waals surface area contributed by atoms with E-state index in [2.05, 4.69) is 17.3 Å². The molecular formula is C12H10F3N3S. The van der Waals surface area contributed by atoms with Crippen molar-refractivity contribution >= 4 is 17.2 Å². The first kappa shape index (κ1) is 13.5. The van der Waals surface area contributed by atoms with Crippen LogP contribution in [-0.4, -0.2) is 14.8 Å². The van der Waals surface area contributed by atoms with Gasteiger partial charge in [-0.2, -0.15) is 18.3 Å². The molecule has 3 nitrogen and oxygen atoms in total. The summed E-state index contributed by atoms with van der Waals surface area (Å²) in [5.41, 5.74) is 5.70. The van der Waals surface area contributed by atoms with Crippen LogP contribution < -0.4 is 5.73 Å². The number of hydrogen-bond acceptors (Lipinski definition) is 2. The topological polar surface area (TPSA) is 43.8 Å². The molecule has 0 saturated carbocycles. The molecule has 1 aromatic heterocycles. The Kier molecular flexibility index (Phi) is 3.32. The molecule has 0 bridgehead atoms. The number of nitrogens with zero attached hydrogens (tertiary/aromatic N) is 2. The van der Waals surface area contributed by atoms with Crippen LogP contribution in [0.5, 0.6) is 0 Å². The second-order valence-corrected chi connectivity index (χ2v) is 4.49. The molecule has 1 aromatic carbocycles. The summed E-state index contributed by atoms with van der Waals surface area (Å²) in [7, 11) is 0. The predicted molar refractivity (Wildman–Crippen MR) is 69.2 cm³/mol. The highest BCUT2D eigenvalue weighted by atomic mass is 32.1. The van der Waals surface area contributed by atoms with Crippen LogP contribution in [0.1, 0.15) is 16.7 Å². The minimum absolute atomic E-state index is 0.201. The Labute approximate surface area is 112 Å². The van der Waals surface area contributed by atoms with Gasteiger partial charge < -0.3 is 5.73 Å². The fourth-order valence-corrected chi connectivity index (χ4v) is 1.85. The minimum Gasteiger partial charge on any atom is -0.389 e. The molecule has 0 saturated heterocycles. The van der Waals surface area contributed by atoms with E-state index in [0.29, 0.717) is 5.69 Å². The Morgan fingerprint density at radius 2 is 2.05 bits per heavy atom. The van der Waals surface area contributed by atoms with Crippen LogP contribution in [0.3, 0.4) is 0 Å². The third-order valence-electron chi connectivity index (χ3n) is 2.55. The SMILES string of the molecule is Cc1cnn(-c2ccc(C(F)(F)F)c(C(N)=S)c2)c1. The van der Waals surface area contributed by atoms with Gasteiger partial charge in [-0.05, 0) is 30.7 Å². The summed E-state index contributed by atoms with van der Waals surface area (Å²) in [6.45, 7) is 1.84. The van der Waals surface area contributed by atoms with Crippen LogP contribution in [-0.2, 0) is 6.18 Å². The van der Waals surface area contributed by atoms with Gasteiger partial charge in [0.05, 0.1) is 17.4 Å². The fraction of sp³-hybridized carbons (Fsp3) is 0.167. The second kappa shape index (κ2) is 4.65. The number of nitrogens with two attached hydrogens (primary N) is 1. The van der Waals surface area contributed by atoms with E-state index in [9.17, 15) is 13.2 Å². The number of halogens is 3. The number of aryl methyl sites for hydroxylation is 1. The molecule has 0 aliphatic carbocycles. The van der Waals surface area contributed by atoms with Crippen LogP contribution in [0.4, 0.5) is 13.2 Å². The van der Waals surface area contributed by atoms with E-state index in [1.165, 1.54) is 16.8 Å². The summed E-state index contributed by atoms with van der Waals surface area (Å²) in [6, 6.07) is 3.58. The highest BCUT2D eigenvalue weighted by molar-refractivity contribution is 7.80. The van der Waals surface area contributed by atoms with E-state index >= 15 is 0 Å². The van der Waals surface area contributed by atoms with Crippen molar-refractivity contribution < 1.29 is 13.2 Å². The maximum absolute atomic E-state index is 12.8. The third-order valence-corrected chi connectivity index (χ3v) is 2.77. The average molecular weight is 285 g/mol. The van der Waals surface area contributed by atoms with Crippen molar-refractivity contribution in [2.75, 3.05) is 0 Å². The van der Waals surface area contributed by atoms with Gasteiger partial charge >= 0.3 is 6.18 Å². The molecule has 0 unspecified atom stereocenters. The standard InChI is InChI=1S/C12H10F3N3S/c1-7-5-17-18(6-7)8-2-3-10(12(13,14)15)9(4-8)11(16)19/h2-6H,1H3,(H2,16,19). The van der Waals surface area contributed by atoms with E-state index in [-0.39, 0.29) is 10.6 Å². The Balaban J connectivity index is 2.57. The van der Waals surface area contributed by atoms with E-state index in [1.807, 2.05) is 6.92 Å². The van der Waals surface area contributed by atoms with Crippen molar-refractivity contribution in [1.82, 2.24) is 9.78 Å². The molecule has 2 aromatic rings. The van der Waals surface area contributed by atoms with Crippen molar-refractivity contribution in [2.45, 2.75) is 13.1 Å². The monoisotopic (exact) mass is 285 g/mol. The highest BCUT2D eigenvalue weighted by Gasteiger charge is 2.34. The lowest BCUT2D eigenvalue weighted by Crippen LogP contribution is -2.18. The number of rotatable bonds is 2. The lowest BCUT2D eigenvalue weighted by molar-refractivity contribution is -0.137. The van der Waals surface area contributed by atoms with Crippen molar-refractivity contribution in [1.29, 1.82) is 0 Å². The number of thiocarbonyl (C=S) groups is 1. The summed E-state index contributed by atoms with van der Waals surface area (Å²) in [5.74, 6) is 0. The smallest absolute Gasteiger partial charge is 0.389 e. The van der Waals surface area contributed by atoms with Crippen LogP contribution in [0.25, 0.3) is 5.69 Å². The largest absolute Gasteiger partial charge is 0.417 e. The van der Waals surface area contributed by atoms with E-state index in [0.717, 1.165) is 11.6 Å². The van der Waals surface area contributed by atoms with Crippen molar-refractivity contribution in [3.8, 4) is 5.69 Å². The van der Waals surface area contributed by atoms with E-state index in [1.54, 1.807) is 12.4 Å². The van der Waals surface area contributed by atoms with Crippen molar-refractivity contribution in [3.05, 3.63) is 47.3 Å². The van der Waals surface area contributed by atoms with Gasteiger partial charge in [-0.15, -0.1) is 0 Å². The molecule has 0 amide bonds. The molecule has 0 aliphatic heterocycles. The summed E-state index contributed by atoms with van der Waals surface area (Å²) in [6.07, 6.45) is -1.18. The van der Waals surface area contributed by atoms with E-state index < -0.39 is 11.7 Å². The molecular weight excluding hydrogens is 275 g/mol. The summed E-state index contributed by atoms with van der Waals surface area (Å²) < 4.78 is 39.9. The Hall–Kier alpha value is -1.89. The zero-order chi connectivity index (χ0) is 14.2. The Morgan fingerprint density at radius 3 is 2.53 bits per heavy atom. The molecule has 2 rings (SSSR count). The van der Waals surface area contributed by atoms with Gasteiger partial charge in [0, 0.05) is 11.8 Å². The summed E-state index contributed by atoms with van der Waals surface area (Å²) in [5, 5.41) is 4.03. The molecule has 0 aliphatic rings. The third kappa shape index (κ3) is 2.76. The molecule has 0 radical (unpaired) electrons. The first-order chi connectivity index (χ1) is 8.79. The lowest BCUT2D eigenvalue weighted by Gasteiger charge is -2.13. The van der Waals surface area contributed by atoms with Gasteiger partial charge in [0.1, 0.15) is 4.99 Å². The fourth-order valence-electron chi connectivity index (χ4n) is 1.68. The highest BCUT2D eigenvalue weighted by Crippen LogP contribution is 2.33. The van der Waals surface area contributed by atoms with Crippen LogP contribution in [0, 0.1) is 6.92 Å². The molecule has 19 heavy (non-hydrogen) atoms. The van der Waals surface area contributed by atoms with Crippen molar-refractivity contribution in [2.24, 2.45) is 5.73 Å². The molecule has 7 heteroatoms. The Bertz CT molecular complexity index is 631. The molecule has 100 valence electrons. The van der Waals surface area contributed by atoms with Crippen LogP contribution >= 0.6 is 12.2 Å². The quantitative estimate of drug-likeness (QED) is 0.863. The maximum Gasteiger partial charge on any atom is 0.417 e. The van der Waals surface area contributed by atoms with Gasteiger partial charge in [0.15, 0.2) is 0 Å². The maximum atomic E-state index is 12.8. The molecule has 0 atom stereocenters. The second-order valence-electron chi connectivity index (χ2n) is 4.05. The molecule has 1 heterocycles. The molecule has 0 fully saturated rings. The Morgan fingerprint density at radius 1 is 1.37 bits per heavy atom. The first-order valence-electron chi connectivity index (χ1n) is 5.32. The van der Waals surface area contributed by atoms with Gasteiger partial charge in [0.2, 0.25) is 0 Å². The van der Waals surface area contributed by atoms with Gasteiger partial charge in [0.25, 0.3) is 0 Å². The van der Waals surface area contributed by atoms with Gasteiger partial charge in [-0.1, -0.05) is 12.2 Å². The summed E-state index contributed by atoms with van der Waals surface area (Å²) in [4.78, 5) is -0.293. The predicted octanol–water partition coefficient (Wildman–Crippen LogP) is 2.83. The number of hydrogen-bond donors (Lipinski definition) is 1. The van der Waals surface area contributed by atoms with Crippen LogP contribution in [0.15, 0.2) is 30.6 Å². The zero-order valence-corrected chi connectivity index (χ0v) is 10.7. The van der Waals surface area contributed by atoms with Crippen LogP contribution in [0.2, 0.25) is 0 Å². The molecule has 2 N–H and O–H groups in total. The normalized spacial score (nSPS) is 11.6. The lowest BCUT2D eigenvalue weighted by atomic mass is 10.1. The molecule has 0 spiro atoms. The average Bonchev–Trinajstić information content (AvgIpc) is 2.74. The summed E-state index contributed by atoms with van der Waals surface area (Å²) >= 11 is 4.68. The van der Waals surface area contributed by atoms with Gasteiger partial charge in [-0.25, -0.2) is 4.68 Å². The van der Waals surface area contributed by atoms with E-state index in [4.69, 9.17) is 5.73 Å². The minimum atomic E-state index is -4.49. The van der Waals surface area contributed by atoms with Crippen molar-refractivity contribution in [3.63, 3.8) is 0 Å².